The highest BCUT2D eigenvalue weighted by atomic mass is 19.4. The molecule has 0 heterocycles. The maximum atomic E-state index is 13.4. The van der Waals surface area contributed by atoms with Gasteiger partial charge < -0.3 is 15.1 Å². The lowest BCUT2D eigenvalue weighted by Gasteiger charge is -2.27. The number of alkyl halides is 3. The molecule has 0 saturated carbocycles. The van der Waals surface area contributed by atoms with Gasteiger partial charge in [0.25, 0.3) is 5.91 Å². The molecule has 0 unspecified atom stereocenters. The third-order valence-electron chi connectivity index (χ3n) is 5.52. The van der Waals surface area contributed by atoms with Gasteiger partial charge >= 0.3 is 6.18 Å². The van der Waals surface area contributed by atoms with Crippen LogP contribution in [0.4, 0.5) is 24.5 Å². The van der Waals surface area contributed by atoms with Crippen LogP contribution in [0, 0.1) is 0 Å². The molecule has 2 amide bonds. The van der Waals surface area contributed by atoms with E-state index in [1.807, 2.05) is 0 Å². The SMILES string of the molecule is CCN(c1ccc(C(=O)N(C)CCCCCCC(=O)NC)cc1)c1ccccc1C(F)(F)F. The number of hydrogen-bond acceptors (Lipinski definition) is 3. The van der Waals surface area contributed by atoms with E-state index in [0.717, 1.165) is 31.7 Å². The molecular formula is C25H32F3N3O2. The third-order valence-corrected chi connectivity index (χ3v) is 5.52. The largest absolute Gasteiger partial charge is 0.418 e. The standard InChI is InChI=1S/C25H32F3N3O2/c1-4-31(22-12-9-8-11-21(22)25(26,27)28)20-16-14-19(15-17-20)24(33)30(3)18-10-6-5-7-13-23(32)29-2/h8-9,11-12,14-17H,4-7,10,13,18H2,1-3H3,(H,29,32). The lowest BCUT2D eigenvalue weighted by molar-refractivity contribution is -0.137. The Morgan fingerprint density at radius 2 is 1.58 bits per heavy atom. The second kappa shape index (κ2) is 12.3. The van der Waals surface area contributed by atoms with E-state index in [2.05, 4.69) is 5.32 Å². The number of nitrogens with one attached hydrogen (secondary N) is 1. The van der Waals surface area contributed by atoms with E-state index in [4.69, 9.17) is 0 Å². The maximum absolute atomic E-state index is 13.4. The van der Waals surface area contributed by atoms with Crippen LogP contribution in [0.3, 0.4) is 0 Å². The number of rotatable bonds is 11. The predicted octanol–water partition coefficient (Wildman–Crippen LogP) is 5.63. The normalized spacial score (nSPS) is 11.2. The van der Waals surface area contributed by atoms with Crippen LogP contribution >= 0.6 is 0 Å². The van der Waals surface area contributed by atoms with Gasteiger partial charge in [0.1, 0.15) is 0 Å². The van der Waals surface area contributed by atoms with E-state index >= 15 is 0 Å². The molecule has 0 aliphatic rings. The second-order valence-corrected chi connectivity index (χ2v) is 7.87. The summed E-state index contributed by atoms with van der Waals surface area (Å²) < 4.78 is 40.3. The number of para-hydroxylation sites is 1. The zero-order valence-corrected chi connectivity index (χ0v) is 19.4. The van der Waals surface area contributed by atoms with E-state index in [1.54, 1.807) is 61.2 Å². The molecule has 0 fully saturated rings. The summed E-state index contributed by atoms with van der Waals surface area (Å²) in [6.45, 7) is 2.73. The van der Waals surface area contributed by atoms with Gasteiger partial charge in [-0.05, 0) is 56.2 Å². The molecule has 0 saturated heterocycles. The Labute approximate surface area is 193 Å². The summed E-state index contributed by atoms with van der Waals surface area (Å²) in [5, 5.41) is 2.60. The molecule has 2 rings (SSSR count). The highest BCUT2D eigenvalue weighted by molar-refractivity contribution is 5.94. The molecule has 0 atom stereocenters. The van der Waals surface area contributed by atoms with Crippen molar-refractivity contribution in [3.8, 4) is 0 Å². The molecule has 0 aliphatic carbocycles. The number of anilines is 2. The third kappa shape index (κ3) is 7.51. The smallest absolute Gasteiger partial charge is 0.359 e. The number of unbranched alkanes of at least 4 members (excludes halogenated alkanes) is 3. The fraction of sp³-hybridized carbons (Fsp3) is 0.440. The van der Waals surface area contributed by atoms with Gasteiger partial charge in [0, 0.05) is 44.9 Å². The van der Waals surface area contributed by atoms with Gasteiger partial charge in [-0.1, -0.05) is 25.0 Å². The predicted molar refractivity (Wildman–Crippen MR) is 125 cm³/mol. The van der Waals surface area contributed by atoms with Gasteiger partial charge in [-0.25, -0.2) is 0 Å². The van der Waals surface area contributed by atoms with Crippen molar-refractivity contribution >= 4 is 23.2 Å². The van der Waals surface area contributed by atoms with Gasteiger partial charge in [0.15, 0.2) is 0 Å². The molecule has 0 aliphatic heterocycles. The topological polar surface area (TPSA) is 52.7 Å². The Kier molecular flexibility index (Phi) is 9.75. The van der Waals surface area contributed by atoms with Crippen LogP contribution in [0.1, 0.15) is 54.9 Å². The summed E-state index contributed by atoms with van der Waals surface area (Å²) in [6, 6.07) is 12.1. The molecule has 1 N–H and O–H groups in total. The molecule has 0 spiro atoms. The molecule has 33 heavy (non-hydrogen) atoms. The zero-order valence-electron chi connectivity index (χ0n) is 19.4. The summed E-state index contributed by atoms with van der Waals surface area (Å²) in [5.74, 6) is -0.0973. The van der Waals surface area contributed by atoms with Crippen LogP contribution in [0.5, 0.6) is 0 Å². The number of nitrogens with zero attached hydrogens (tertiary/aromatic N) is 2. The van der Waals surface area contributed by atoms with Crippen LogP contribution < -0.4 is 10.2 Å². The Bertz CT molecular complexity index is 914. The van der Waals surface area contributed by atoms with Gasteiger partial charge in [0.2, 0.25) is 5.91 Å². The van der Waals surface area contributed by atoms with E-state index in [1.165, 1.54) is 12.1 Å². The molecular weight excluding hydrogens is 431 g/mol. The Morgan fingerprint density at radius 1 is 0.939 bits per heavy atom. The van der Waals surface area contributed by atoms with Crippen LogP contribution in [-0.2, 0) is 11.0 Å². The van der Waals surface area contributed by atoms with E-state index < -0.39 is 11.7 Å². The van der Waals surface area contributed by atoms with Gasteiger partial charge in [-0.3, -0.25) is 9.59 Å². The molecule has 0 bridgehead atoms. The summed E-state index contributed by atoms with van der Waals surface area (Å²) in [4.78, 5) is 27.1. The van der Waals surface area contributed by atoms with Gasteiger partial charge in [0.05, 0.1) is 11.3 Å². The fourth-order valence-electron chi connectivity index (χ4n) is 3.66. The van der Waals surface area contributed by atoms with Crippen molar-refractivity contribution in [2.24, 2.45) is 0 Å². The minimum absolute atomic E-state index is 0.0364. The van der Waals surface area contributed by atoms with Crippen LogP contribution in [0.2, 0.25) is 0 Å². The number of halogens is 3. The number of benzene rings is 2. The molecule has 8 heteroatoms. The van der Waals surface area contributed by atoms with Crippen LogP contribution in [0.25, 0.3) is 0 Å². The molecule has 180 valence electrons. The van der Waals surface area contributed by atoms with Crippen molar-refractivity contribution in [3.05, 3.63) is 59.7 Å². The molecule has 0 radical (unpaired) electrons. The Hall–Kier alpha value is -3.03. The number of amides is 2. The van der Waals surface area contributed by atoms with E-state index in [-0.39, 0.29) is 17.5 Å². The average Bonchev–Trinajstić information content (AvgIpc) is 2.81. The minimum Gasteiger partial charge on any atom is -0.359 e. The molecule has 2 aromatic rings. The first-order valence-electron chi connectivity index (χ1n) is 11.2. The molecule has 2 aromatic carbocycles. The van der Waals surface area contributed by atoms with Crippen molar-refractivity contribution in [2.45, 2.75) is 45.2 Å². The van der Waals surface area contributed by atoms with E-state index in [9.17, 15) is 22.8 Å². The zero-order chi connectivity index (χ0) is 24.4. The van der Waals surface area contributed by atoms with Gasteiger partial charge in [-0.15, -0.1) is 0 Å². The average molecular weight is 464 g/mol. The summed E-state index contributed by atoms with van der Waals surface area (Å²) in [7, 11) is 3.36. The first kappa shape index (κ1) is 26.2. The van der Waals surface area contributed by atoms with Crippen molar-refractivity contribution in [1.29, 1.82) is 0 Å². The number of hydrogen-bond donors (Lipinski definition) is 1. The number of carbonyl (C=O) groups is 2. The number of carbonyl (C=O) groups excluding carboxylic acids is 2. The summed E-state index contributed by atoms with van der Waals surface area (Å²) >= 11 is 0. The summed E-state index contributed by atoms with van der Waals surface area (Å²) in [5.41, 5.74) is 0.465. The minimum atomic E-state index is -4.45. The fourth-order valence-corrected chi connectivity index (χ4v) is 3.66. The first-order chi connectivity index (χ1) is 15.7. The van der Waals surface area contributed by atoms with Crippen molar-refractivity contribution in [2.75, 3.05) is 32.1 Å². The van der Waals surface area contributed by atoms with Gasteiger partial charge in [-0.2, -0.15) is 13.2 Å². The maximum Gasteiger partial charge on any atom is 0.418 e. The highest BCUT2D eigenvalue weighted by Gasteiger charge is 2.34. The van der Waals surface area contributed by atoms with Crippen molar-refractivity contribution < 1.29 is 22.8 Å². The quantitative estimate of drug-likeness (QED) is 0.439. The molecule has 5 nitrogen and oxygen atoms in total. The second-order valence-electron chi connectivity index (χ2n) is 7.87. The summed E-state index contributed by atoms with van der Waals surface area (Å²) in [6.07, 6.45) is -0.422. The Balaban J connectivity index is 1.98. The Morgan fingerprint density at radius 3 is 2.18 bits per heavy atom. The van der Waals surface area contributed by atoms with Crippen LogP contribution in [-0.4, -0.2) is 43.9 Å². The monoisotopic (exact) mass is 463 g/mol. The lowest BCUT2D eigenvalue weighted by atomic mass is 10.1. The first-order valence-corrected chi connectivity index (χ1v) is 11.2. The highest BCUT2D eigenvalue weighted by Crippen LogP contribution is 2.38. The van der Waals surface area contributed by atoms with Crippen molar-refractivity contribution in [1.82, 2.24) is 10.2 Å². The van der Waals surface area contributed by atoms with Crippen LogP contribution in [0.15, 0.2) is 48.5 Å². The van der Waals surface area contributed by atoms with Crippen molar-refractivity contribution in [3.63, 3.8) is 0 Å². The molecule has 0 aromatic heterocycles. The lowest BCUT2D eigenvalue weighted by Crippen LogP contribution is -2.27. The van der Waals surface area contributed by atoms with E-state index in [0.29, 0.717) is 30.8 Å².